The van der Waals surface area contributed by atoms with Gasteiger partial charge in [0.15, 0.2) is 0 Å². The van der Waals surface area contributed by atoms with Crippen LogP contribution in [0.1, 0.15) is 56.3 Å². The molecule has 0 bridgehead atoms. The van der Waals surface area contributed by atoms with Crippen molar-refractivity contribution in [1.82, 2.24) is 0 Å². The van der Waals surface area contributed by atoms with Gasteiger partial charge in [-0.1, -0.05) is 39.0 Å². The molecule has 1 atom stereocenters. The van der Waals surface area contributed by atoms with Crippen LogP contribution in [0.4, 0.5) is 0 Å². The Balaban J connectivity index is 0.00000144. The van der Waals surface area contributed by atoms with Crippen LogP contribution in [0, 0.1) is 5.41 Å². The first-order valence-electron chi connectivity index (χ1n) is 6.33. The van der Waals surface area contributed by atoms with E-state index in [1.807, 2.05) is 0 Å². The fourth-order valence-corrected chi connectivity index (χ4v) is 2.61. The van der Waals surface area contributed by atoms with E-state index in [1.165, 1.54) is 29.5 Å². The summed E-state index contributed by atoms with van der Waals surface area (Å²) in [5, 5.41) is 0. The van der Waals surface area contributed by atoms with Gasteiger partial charge in [0.2, 0.25) is 0 Å². The van der Waals surface area contributed by atoms with Gasteiger partial charge in [-0.2, -0.15) is 0 Å². The van der Waals surface area contributed by atoms with Gasteiger partial charge >= 0.3 is 0 Å². The van der Waals surface area contributed by atoms with Gasteiger partial charge in [-0.15, -0.1) is 12.4 Å². The standard InChI is InChI=1S/C15H23N.ClH/c1-15(2,3)10-11-7-8-12-5-4-6-14(16)13(12)9-11;/h7-9,14H,4-6,10,16H2,1-3H3;1H/t14-;/m0./s1. The molecule has 0 aromatic heterocycles. The molecule has 0 unspecified atom stereocenters. The molecule has 0 saturated heterocycles. The summed E-state index contributed by atoms with van der Waals surface area (Å²) in [6.45, 7) is 6.85. The van der Waals surface area contributed by atoms with E-state index in [2.05, 4.69) is 39.0 Å². The SMILES string of the molecule is CC(C)(C)Cc1ccc2c(c1)[C@@H](N)CCC2.Cl. The number of rotatable bonds is 1. The first-order valence-corrected chi connectivity index (χ1v) is 6.33. The van der Waals surface area contributed by atoms with Gasteiger partial charge in [-0.25, -0.2) is 0 Å². The third kappa shape index (κ3) is 3.72. The maximum absolute atomic E-state index is 6.18. The highest BCUT2D eigenvalue weighted by Crippen LogP contribution is 2.30. The summed E-state index contributed by atoms with van der Waals surface area (Å²) in [5.41, 5.74) is 10.8. The van der Waals surface area contributed by atoms with Gasteiger partial charge in [0.25, 0.3) is 0 Å². The Kier molecular flexibility index (Phi) is 4.62. The average Bonchev–Trinajstić information content (AvgIpc) is 2.17. The maximum Gasteiger partial charge on any atom is 0.0297 e. The van der Waals surface area contributed by atoms with Gasteiger partial charge in [0.05, 0.1) is 0 Å². The Hall–Kier alpha value is -0.530. The number of benzene rings is 1. The monoisotopic (exact) mass is 253 g/mol. The van der Waals surface area contributed by atoms with E-state index in [4.69, 9.17) is 5.73 Å². The third-order valence-electron chi connectivity index (χ3n) is 3.31. The molecule has 1 aliphatic rings. The largest absolute Gasteiger partial charge is 0.324 e. The van der Waals surface area contributed by atoms with Crippen molar-refractivity contribution >= 4 is 12.4 Å². The molecule has 0 heterocycles. The second-order valence-corrected chi connectivity index (χ2v) is 6.27. The molecule has 0 aliphatic heterocycles. The Morgan fingerprint density at radius 2 is 2.00 bits per heavy atom. The van der Waals surface area contributed by atoms with Crippen molar-refractivity contribution < 1.29 is 0 Å². The number of hydrogen-bond donors (Lipinski definition) is 1. The summed E-state index contributed by atoms with van der Waals surface area (Å²) in [6.07, 6.45) is 4.73. The lowest BCUT2D eigenvalue weighted by Gasteiger charge is -2.24. The minimum absolute atomic E-state index is 0. The lowest BCUT2D eigenvalue weighted by molar-refractivity contribution is 0.410. The van der Waals surface area contributed by atoms with E-state index in [9.17, 15) is 0 Å². The Morgan fingerprint density at radius 1 is 1.29 bits per heavy atom. The first-order chi connectivity index (χ1) is 7.46. The lowest BCUT2D eigenvalue weighted by atomic mass is 9.83. The molecular weight excluding hydrogens is 230 g/mol. The Bertz CT molecular complexity index is 379. The Labute approximate surface area is 111 Å². The summed E-state index contributed by atoms with van der Waals surface area (Å²) in [5.74, 6) is 0. The molecule has 0 amide bonds. The molecule has 2 N–H and O–H groups in total. The van der Waals surface area contributed by atoms with Crippen molar-refractivity contribution in [3.8, 4) is 0 Å². The molecule has 0 spiro atoms. The van der Waals surface area contributed by atoms with Crippen molar-refractivity contribution in [1.29, 1.82) is 0 Å². The van der Waals surface area contributed by atoms with E-state index in [-0.39, 0.29) is 18.4 Å². The summed E-state index contributed by atoms with van der Waals surface area (Å²) in [4.78, 5) is 0. The summed E-state index contributed by atoms with van der Waals surface area (Å²) in [6, 6.07) is 7.17. The summed E-state index contributed by atoms with van der Waals surface area (Å²) in [7, 11) is 0. The molecule has 0 saturated carbocycles. The van der Waals surface area contributed by atoms with Crippen LogP contribution in [0.5, 0.6) is 0 Å². The minimum Gasteiger partial charge on any atom is -0.324 e. The molecule has 0 radical (unpaired) electrons. The van der Waals surface area contributed by atoms with Crippen molar-refractivity contribution in [3.05, 3.63) is 34.9 Å². The van der Waals surface area contributed by atoms with Crippen LogP contribution in [0.15, 0.2) is 18.2 Å². The van der Waals surface area contributed by atoms with E-state index in [1.54, 1.807) is 0 Å². The van der Waals surface area contributed by atoms with Gasteiger partial charge in [0, 0.05) is 6.04 Å². The molecule has 1 aromatic carbocycles. The van der Waals surface area contributed by atoms with Crippen LogP contribution >= 0.6 is 12.4 Å². The number of hydrogen-bond acceptors (Lipinski definition) is 1. The van der Waals surface area contributed by atoms with Crippen molar-refractivity contribution in [3.63, 3.8) is 0 Å². The lowest BCUT2D eigenvalue weighted by Crippen LogP contribution is -2.18. The molecule has 96 valence electrons. The normalized spacial score (nSPS) is 19.4. The first kappa shape index (κ1) is 14.5. The zero-order chi connectivity index (χ0) is 11.8. The van der Waals surface area contributed by atoms with Gasteiger partial charge in [0.1, 0.15) is 0 Å². The van der Waals surface area contributed by atoms with Crippen molar-refractivity contribution in [2.24, 2.45) is 11.1 Å². The van der Waals surface area contributed by atoms with Gasteiger partial charge < -0.3 is 5.73 Å². The highest BCUT2D eigenvalue weighted by Gasteiger charge is 2.18. The maximum atomic E-state index is 6.18. The van der Waals surface area contributed by atoms with Crippen molar-refractivity contribution in [2.45, 2.75) is 52.5 Å². The summed E-state index contributed by atoms with van der Waals surface area (Å²) < 4.78 is 0. The van der Waals surface area contributed by atoms with E-state index < -0.39 is 0 Å². The number of halogens is 1. The third-order valence-corrected chi connectivity index (χ3v) is 3.31. The van der Waals surface area contributed by atoms with E-state index in [0.717, 1.165) is 12.8 Å². The molecule has 0 fully saturated rings. The quantitative estimate of drug-likeness (QED) is 0.803. The number of fused-ring (bicyclic) bond motifs is 1. The molecule has 1 aliphatic carbocycles. The van der Waals surface area contributed by atoms with E-state index in [0.29, 0.717) is 5.41 Å². The highest BCUT2D eigenvalue weighted by atomic mass is 35.5. The zero-order valence-corrected chi connectivity index (χ0v) is 11.9. The number of nitrogens with two attached hydrogens (primary N) is 1. The summed E-state index contributed by atoms with van der Waals surface area (Å²) >= 11 is 0. The second-order valence-electron chi connectivity index (χ2n) is 6.27. The number of aryl methyl sites for hydroxylation is 1. The fourth-order valence-electron chi connectivity index (χ4n) is 2.61. The fraction of sp³-hybridized carbons (Fsp3) is 0.600. The molecule has 2 heteroatoms. The van der Waals surface area contributed by atoms with Gasteiger partial charge in [-0.05, 0) is 47.8 Å². The molecule has 17 heavy (non-hydrogen) atoms. The van der Waals surface area contributed by atoms with E-state index >= 15 is 0 Å². The molecular formula is C15H24ClN. The molecule has 2 rings (SSSR count). The predicted molar refractivity (Wildman–Crippen MR) is 76.7 cm³/mol. The van der Waals surface area contributed by atoms with Crippen LogP contribution in [0.3, 0.4) is 0 Å². The smallest absolute Gasteiger partial charge is 0.0297 e. The van der Waals surface area contributed by atoms with Crippen LogP contribution in [-0.2, 0) is 12.8 Å². The van der Waals surface area contributed by atoms with Gasteiger partial charge in [-0.3, -0.25) is 0 Å². The minimum atomic E-state index is 0. The highest BCUT2D eigenvalue weighted by molar-refractivity contribution is 5.85. The van der Waals surface area contributed by atoms with Crippen LogP contribution in [0.25, 0.3) is 0 Å². The predicted octanol–water partition coefficient (Wildman–Crippen LogP) is 4.03. The van der Waals surface area contributed by atoms with Crippen LogP contribution in [0.2, 0.25) is 0 Å². The van der Waals surface area contributed by atoms with Crippen molar-refractivity contribution in [2.75, 3.05) is 0 Å². The Morgan fingerprint density at radius 3 is 2.65 bits per heavy atom. The molecule has 1 nitrogen and oxygen atoms in total. The topological polar surface area (TPSA) is 26.0 Å². The van der Waals surface area contributed by atoms with Crippen LogP contribution in [-0.4, -0.2) is 0 Å². The second kappa shape index (κ2) is 5.41. The zero-order valence-electron chi connectivity index (χ0n) is 11.1. The average molecular weight is 254 g/mol. The molecule has 1 aromatic rings. The van der Waals surface area contributed by atoms with Crippen LogP contribution < -0.4 is 5.73 Å².